The lowest BCUT2D eigenvalue weighted by atomic mass is 9.95. The second kappa shape index (κ2) is 7.52. The molecule has 0 aromatic heterocycles. The molecule has 0 amide bonds. The molecule has 0 aliphatic heterocycles. The zero-order valence-corrected chi connectivity index (χ0v) is 12.0. The van der Waals surface area contributed by atoms with Crippen molar-refractivity contribution in [2.24, 2.45) is 5.73 Å². The normalized spacial score (nSPS) is 12.7. The van der Waals surface area contributed by atoms with Crippen LogP contribution in [0.5, 0.6) is 0 Å². The molecule has 0 fully saturated rings. The molecule has 0 radical (unpaired) electrons. The van der Waals surface area contributed by atoms with Crippen molar-refractivity contribution in [1.29, 1.82) is 0 Å². The van der Waals surface area contributed by atoms with Crippen LogP contribution in [0.25, 0.3) is 0 Å². The Kier molecular flexibility index (Phi) is 6.33. The molecule has 0 spiro atoms. The van der Waals surface area contributed by atoms with Gasteiger partial charge in [0.1, 0.15) is 0 Å². The SMILES string of the molecule is COCCCOCC(N)c1c(C)cc(C)cc1C. The number of nitrogens with two attached hydrogens (primary N) is 1. The van der Waals surface area contributed by atoms with Crippen LogP contribution in [-0.2, 0) is 9.47 Å². The topological polar surface area (TPSA) is 44.5 Å². The number of rotatable bonds is 7. The summed E-state index contributed by atoms with van der Waals surface area (Å²) in [6, 6.07) is 4.30. The molecule has 1 unspecified atom stereocenters. The first kappa shape index (κ1) is 15.2. The van der Waals surface area contributed by atoms with Crippen molar-refractivity contribution in [3.05, 3.63) is 34.4 Å². The van der Waals surface area contributed by atoms with Gasteiger partial charge >= 0.3 is 0 Å². The summed E-state index contributed by atoms with van der Waals surface area (Å²) >= 11 is 0. The number of ether oxygens (including phenoxy) is 2. The number of benzene rings is 1. The van der Waals surface area contributed by atoms with Crippen molar-refractivity contribution in [3.63, 3.8) is 0 Å². The van der Waals surface area contributed by atoms with Gasteiger partial charge in [-0.15, -0.1) is 0 Å². The van der Waals surface area contributed by atoms with Crippen LogP contribution in [-0.4, -0.2) is 26.9 Å². The highest BCUT2D eigenvalue weighted by Gasteiger charge is 2.12. The average Bonchev–Trinajstić information content (AvgIpc) is 2.27. The molecule has 1 rings (SSSR count). The van der Waals surface area contributed by atoms with Gasteiger partial charge in [-0.25, -0.2) is 0 Å². The smallest absolute Gasteiger partial charge is 0.0659 e. The standard InChI is InChI=1S/C15H25NO2/c1-11-8-12(2)15(13(3)9-11)14(16)10-18-7-5-6-17-4/h8-9,14H,5-7,10,16H2,1-4H3. The molecule has 1 aromatic rings. The van der Waals surface area contributed by atoms with Gasteiger partial charge in [-0.1, -0.05) is 17.7 Å². The minimum absolute atomic E-state index is 0.0480. The zero-order valence-electron chi connectivity index (χ0n) is 12.0. The molecular weight excluding hydrogens is 226 g/mol. The van der Waals surface area contributed by atoms with E-state index in [4.69, 9.17) is 15.2 Å². The van der Waals surface area contributed by atoms with Crippen molar-refractivity contribution >= 4 is 0 Å². The van der Waals surface area contributed by atoms with Crippen molar-refractivity contribution in [2.75, 3.05) is 26.9 Å². The summed E-state index contributed by atoms with van der Waals surface area (Å²) in [7, 11) is 1.70. The van der Waals surface area contributed by atoms with E-state index in [1.165, 1.54) is 22.3 Å². The molecule has 0 saturated heterocycles. The van der Waals surface area contributed by atoms with E-state index in [0.29, 0.717) is 13.2 Å². The number of aryl methyl sites for hydroxylation is 3. The number of hydrogen-bond acceptors (Lipinski definition) is 3. The first-order valence-electron chi connectivity index (χ1n) is 6.46. The molecule has 0 bridgehead atoms. The maximum Gasteiger partial charge on any atom is 0.0659 e. The number of methoxy groups -OCH3 is 1. The molecule has 0 saturated carbocycles. The minimum Gasteiger partial charge on any atom is -0.385 e. The first-order valence-corrected chi connectivity index (χ1v) is 6.46. The third-order valence-corrected chi connectivity index (χ3v) is 3.04. The Labute approximate surface area is 110 Å². The van der Waals surface area contributed by atoms with Crippen LogP contribution < -0.4 is 5.73 Å². The van der Waals surface area contributed by atoms with Gasteiger partial charge in [0.15, 0.2) is 0 Å². The summed E-state index contributed by atoms with van der Waals surface area (Å²) in [4.78, 5) is 0. The second-order valence-electron chi connectivity index (χ2n) is 4.84. The molecule has 2 N–H and O–H groups in total. The Morgan fingerprint density at radius 3 is 2.28 bits per heavy atom. The van der Waals surface area contributed by atoms with Gasteiger partial charge in [0.05, 0.1) is 12.6 Å². The molecule has 3 heteroatoms. The van der Waals surface area contributed by atoms with Crippen LogP contribution >= 0.6 is 0 Å². The van der Waals surface area contributed by atoms with E-state index in [1.807, 2.05) is 0 Å². The second-order valence-corrected chi connectivity index (χ2v) is 4.84. The van der Waals surface area contributed by atoms with Crippen LogP contribution in [0.1, 0.15) is 34.7 Å². The van der Waals surface area contributed by atoms with Crippen LogP contribution in [0.3, 0.4) is 0 Å². The van der Waals surface area contributed by atoms with Gasteiger partial charge in [0, 0.05) is 20.3 Å². The van der Waals surface area contributed by atoms with Crippen LogP contribution in [0, 0.1) is 20.8 Å². The fourth-order valence-corrected chi connectivity index (χ4v) is 2.38. The van der Waals surface area contributed by atoms with Crippen molar-refractivity contribution < 1.29 is 9.47 Å². The van der Waals surface area contributed by atoms with E-state index in [0.717, 1.165) is 13.0 Å². The number of hydrogen-bond donors (Lipinski definition) is 1. The van der Waals surface area contributed by atoms with Gasteiger partial charge < -0.3 is 15.2 Å². The maximum atomic E-state index is 6.21. The van der Waals surface area contributed by atoms with Crippen LogP contribution in [0.15, 0.2) is 12.1 Å². The summed E-state index contributed by atoms with van der Waals surface area (Å²) in [5.41, 5.74) is 11.2. The van der Waals surface area contributed by atoms with E-state index in [1.54, 1.807) is 7.11 Å². The summed E-state index contributed by atoms with van der Waals surface area (Å²) in [5.74, 6) is 0. The predicted octanol–water partition coefficient (Wildman–Crippen LogP) is 2.66. The fourth-order valence-electron chi connectivity index (χ4n) is 2.38. The monoisotopic (exact) mass is 251 g/mol. The molecule has 102 valence electrons. The van der Waals surface area contributed by atoms with Crippen molar-refractivity contribution in [1.82, 2.24) is 0 Å². The molecule has 0 aliphatic carbocycles. The van der Waals surface area contributed by atoms with Gasteiger partial charge in [-0.2, -0.15) is 0 Å². The molecule has 3 nitrogen and oxygen atoms in total. The quantitative estimate of drug-likeness (QED) is 0.758. The highest BCUT2D eigenvalue weighted by Crippen LogP contribution is 2.22. The van der Waals surface area contributed by atoms with Gasteiger partial charge in [0.25, 0.3) is 0 Å². The van der Waals surface area contributed by atoms with Crippen LogP contribution in [0.2, 0.25) is 0 Å². The third kappa shape index (κ3) is 4.41. The fraction of sp³-hybridized carbons (Fsp3) is 0.600. The Hall–Kier alpha value is -0.900. The Bertz CT molecular complexity index is 354. The summed E-state index contributed by atoms with van der Waals surface area (Å²) in [6.07, 6.45) is 0.912. The molecule has 1 aromatic carbocycles. The Balaban J connectivity index is 2.53. The summed E-state index contributed by atoms with van der Waals surface area (Å²) in [6.45, 7) is 8.33. The maximum absolute atomic E-state index is 6.21. The molecule has 1 atom stereocenters. The van der Waals surface area contributed by atoms with E-state index < -0.39 is 0 Å². The van der Waals surface area contributed by atoms with Crippen molar-refractivity contribution in [3.8, 4) is 0 Å². The average molecular weight is 251 g/mol. The van der Waals surface area contributed by atoms with E-state index in [-0.39, 0.29) is 6.04 Å². The minimum atomic E-state index is -0.0480. The van der Waals surface area contributed by atoms with E-state index in [9.17, 15) is 0 Å². The zero-order chi connectivity index (χ0) is 13.5. The van der Waals surface area contributed by atoms with Gasteiger partial charge in [-0.3, -0.25) is 0 Å². The van der Waals surface area contributed by atoms with Gasteiger partial charge in [0.2, 0.25) is 0 Å². The molecule has 18 heavy (non-hydrogen) atoms. The van der Waals surface area contributed by atoms with Crippen molar-refractivity contribution in [2.45, 2.75) is 33.2 Å². The lowest BCUT2D eigenvalue weighted by molar-refractivity contribution is 0.0938. The van der Waals surface area contributed by atoms with Gasteiger partial charge in [-0.05, 0) is 43.9 Å². The van der Waals surface area contributed by atoms with E-state index >= 15 is 0 Å². The summed E-state index contributed by atoms with van der Waals surface area (Å²) in [5, 5.41) is 0. The molecule has 0 heterocycles. The third-order valence-electron chi connectivity index (χ3n) is 3.04. The largest absolute Gasteiger partial charge is 0.385 e. The Morgan fingerprint density at radius 1 is 1.11 bits per heavy atom. The predicted molar refractivity (Wildman–Crippen MR) is 74.9 cm³/mol. The summed E-state index contributed by atoms with van der Waals surface area (Å²) < 4.78 is 10.6. The molecular formula is C15H25NO2. The Morgan fingerprint density at radius 2 is 1.72 bits per heavy atom. The van der Waals surface area contributed by atoms with E-state index in [2.05, 4.69) is 32.9 Å². The molecule has 0 aliphatic rings. The highest BCUT2D eigenvalue weighted by atomic mass is 16.5. The lowest BCUT2D eigenvalue weighted by Gasteiger charge is -2.18. The highest BCUT2D eigenvalue weighted by molar-refractivity contribution is 5.39. The first-order chi connectivity index (χ1) is 8.56. The lowest BCUT2D eigenvalue weighted by Crippen LogP contribution is -2.20. The van der Waals surface area contributed by atoms with Crippen LogP contribution in [0.4, 0.5) is 0 Å².